The number of aliphatic hydroxyl groups is 2. The Morgan fingerprint density at radius 1 is 1.41 bits per heavy atom. The first-order chi connectivity index (χ1) is 13.9. The van der Waals surface area contributed by atoms with E-state index in [4.69, 9.17) is 9.84 Å². The standard InChI is InChI=1S/C24H30O5/c1-3-4-7-15(2)19(25)13-12-17-20(26)14-21-23(17)18-10-5-8-16(24(18)29-21)9-6-11-22(27)28/h5,8,10,12-13,15,17,19-21,23,25-26H,6-7,9,11,14H2,1-2H3,(H,27,28)/b13-12+/t15-,17-,19+,20+,21+,23+/m0/s1. The molecule has 3 rings (SSSR count). The number of hydrogen-bond donors (Lipinski definition) is 3. The number of aryl methyl sites for hydroxylation is 1. The number of fused-ring (bicyclic) bond motifs is 3. The summed E-state index contributed by atoms with van der Waals surface area (Å²) in [6, 6.07) is 6.01. The quantitative estimate of drug-likeness (QED) is 0.462. The zero-order chi connectivity index (χ0) is 21.0. The number of rotatable bonds is 8. The maximum absolute atomic E-state index is 10.8. The highest BCUT2D eigenvalue weighted by Crippen LogP contribution is 2.52. The lowest BCUT2D eigenvalue weighted by Crippen LogP contribution is -2.19. The van der Waals surface area contributed by atoms with Crippen LogP contribution in [-0.2, 0) is 11.2 Å². The lowest BCUT2D eigenvalue weighted by Gasteiger charge is -2.19. The highest BCUT2D eigenvalue weighted by molar-refractivity contribution is 5.66. The number of carboxylic acid groups (broad SMARTS) is 1. The maximum atomic E-state index is 10.8. The van der Waals surface area contributed by atoms with Gasteiger partial charge in [0.25, 0.3) is 0 Å². The predicted octanol–water partition coefficient (Wildman–Crippen LogP) is 3.29. The summed E-state index contributed by atoms with van der Waals surface area (Å²) in [5, 5.41) is 29.9. The molecule has 1 aliphatic heterocycles. The lowest BCUT2D eigenvalue weighted by molar-refractivity contribution is -0.137. The van der Waals surface area contributed by atoms with Gasteiger partial charge in [0.2, 0.25) is 0 Å². The van der Waals surface area contributed by atoms with Gasteiger partial charge in [-0.05, 0) is 31.2 Å². The van der Waals surface area contributed by atoms with Crippen molar-refractivity contribution in [1.29, 1.82) is 0 Å². The first-order valence-electron chi connectivity index (χ1n) is 10.4. The van der Waals surface area contributed by atoms with E-state index in [-0.39, 0.29) is 30.3 Å². The summed E-state index contributed by atoms with van der Waals surface area (Å²) in [6.45, 7) is 3.75. The SMILES string of the molecule is CC#CC[C@H](C)[C@H](O)/C=C/[C@@H]1[C@@H]2c3cccc(CCCC(=O)O)c3O[C@@H]2C[C@H]1O. The molecule has 2 aliphatic rings. The van der Waals surface area contributed by atoms with Gasteiger partial charge in [-0.25, -0.2) is 0 Å². The van der Waals surface area contributed by atoms with Crippen molar-refractivity contribution in [3.63, 3.8) is 0 Å². The molecule has 0 unspecified atom stereocenters. The second kappa shape index (κ2) is 9.47. The van der Waals surface area contributed by atoms with Crippen LogP contribution in [0.2, 0.25) is 0 Å². The average Bonchev–Trinajstić information content (AvgIpc) is 3.19. The summed E-state index contributed by atoms with van der Waals surface area (Å²) in [4.78, 5) is 10.8. The Kier molecular flexibility index (Phi) is 7.00. The van der Waals surface area contributed by atoms with E-state index in [2.05, 4.69) is 11.8 Å². The van der Waals surface area contributed by atoms with Crippen LogP contribution in [0, 0.1) is 23.7 Å². The van der Waals surface area contributed by atoms with E-state index in [0.717, 1.165) is 16.9 Å². The third kappa shape index (κ3) is 4.83. The molecule has 0 bridgehead atoms. The molecule has 0 spiro atoms. The molecule has 1 fully saturated rings. The average molecular weight is 398 g/mol. The van der Waals surface area contributed by atoms with E-state index in [0.29, 0.717) is 25.7 Å². The summed E-state index contributed by atoms with van der Waals surface area (Å²) in [7, 11) is 0. The van der Waals surface area contributed by atoms with Crippen molar-refractivity contribution in [3.05, 3.63) is 41.5 Å². The molecule has 1 aromatic rings. The fraction of sp³-hybridized carbons (Fsp3) is 0.542. The maximum Gasteiger partial charge on any atom is 0.303 e. The molecule has 0 amide bonds. The topological polar surface area (TPSA) is 87.0 Å². The van der Waals surface area contributed by atoms with Crippen molar-refractivity contribution in [1.82, 2.24) is 0 Å². The number of carboxylic acids is 1. The second-order valence-electron chi connectivity index (χ2n) is 8.13. The number of para-hydroxylation sites is 1. The number of ether oxygens (including phenoxy) is 1. The van der Waals surface area contributed by atoms with Gasteiger partial charge in [-0.2, -0.15) is 0 Å². The normalized spacial score (nSPS) is 26.9. The molecule has 0 radical (unpaired) electrons. The minimum Gasteiger partial charge on any atom is -0.489 e. The molecular weight excluding hydrogens is 368 g/mol. The van der Waals surface area contributed by atoms with Gasteiger partial charge in [0.1, 0.15) is 11.9 Å². The van der Waals surface area contributed by atoms with E-state index < -0.39 is 18.2 Å². The van der Waals surface area contributed by atoms with Crippen LogP contribution in [0.1, 0.15) is 56.6 Å². The Morgan fingerprint density at radius 2 is 2.21 bits per heavy atom. The van der Waals surface area contributed by atoms with Crippen LogP contribution in [0.5, 0.6) is 5.75 Å². The van der Waals surface area contributed by atoms with Crippen molar-refractivity contribution >= 4 is 5.97 Å². The van der Waals surface area contributed by atoms with Crippen LogP contribution in [0.4, 0.5) is 0 Å². The third-order valence-corrected chi connectivity index (χ3v) is 6.04. The zero-order valence-electron chi connectivity index (χ0n) is 17.0. The smallest absolute Gasteiger partial charge is 0.303 e. The van der Waals surface area contributed by atoms with E-state index in [1.165, 1.54) is 0 Å². The fourth-order valence-corrected chi connectivity index (χ4v) is 4.41. The summed E-state index contributed by atoms with van der Waals surface area (Å²) >= 11 is 0. The van der Waals surface area contributed by atoms with Gasteiger partial charge in [-0.1, -0.05) is 37.3 Å². The Morgan fingerprint density at radius 3 is 2.93 bits per heavy atom. The highest BCUT2D eigenvalue weighted by Gasteiger charge is 2.48. The Bertz CT molecular complexity index is 818. The largest absolute Gasteiger partial charge is 0.489 e. The molecule has 1 saturated carbocycles. The molecule has 29 heavy (non-hydrogen) atoms. The van der Waals surface area contributed by atoms with E-state index in [9.17, 15) is 15.0 Å². The van der Waals surface area contributed by atoms with Gasteiger partial charge in [0, 0.05) is 36.7 Å². The van der Waals surface area contributed by atoms with Crippen LogP contribution < -0.4 is 4.74 Å². The number of aliphatic hydroxyl groups excluding tert-OH is 2. The highest BCUT2D eigenvalue weighted by atomic mass is 16.5. The molecule has 3 N–H and O–H groups in total. The van der Waals surface area contributed by atoms with Gasteiger partial charge < -0.3 is 20.1 Å². The van der Waals surface area contributed by atoms with Crippen molar-refractivity contribution < 1.29 is 24.9 Å². The number of aliphatic carboxylic acids is 1. The monoisotopic (exact) mass is 398 g/mol. The number of hydrogen-bond acceptors (Lipinski definition) is 4. The van der Waals surface area contributed by atoms with Crippen molar-refractivity contribution in [2.24, 2.45) is 11.8 Å². The van der Waals surface area contributed by atoms with Crippen LogP contribution in [-0.4, -0.2) is 39.6 Å². The molecule has 6 atom stereocenters. The second-order valence-corrected chi connectivity index (χ2v) is 8.13. The fourth-order valence-electron chi connectivity index (χ4n) is 4.41. The van der Waals surface area contributed by atoms with Crippen LogP contribution >= 0.6 is 0 Å². The molecular formula is C24H30O5. The Hall–Kier alpha value is -2.29. The lowest BCUT2D eigenvalue weighted by atomic mass is 9.86. The molecule has 1 aromatic carbocycles. The van der Waals surface area contributed by atoms with Crippen LogP contribution in [0.15, 0.2) is 30.4 Å². The molecule has 1 heterocycles. The predicted molar refractivity (Wildman–Crippen MR) is 111 cm³/mol. The van der Waals surface area contributed by atoms with E-state index in [1.54, 1.807) is 13.0 Å². The van der Waals surface area contributed by atoms with Crippen LogP contribution in [0.3, 0.4) is 0 Å². The molecule has 5 heteroatoms. The zero-order valence-corrected chi connectivity index (χ0v) is 17.0. The van der Waals surface area contributed by atoms with Crippen molar-refractivity contribution in [2.75, 3.05) is 0 Å². The van der Waals surface area contributed by atoms with Crippen molar-refractivity contribution in [2.45, 2.75) is 70.2 Å². The van der Waals surface area contributed by atoms with Gasteiger partial charge in [-0.3, -0.25) is 4.79 Å². The Labute approximate surface area is 172 Å². The molecule has 1 aliphatic carbocycles. The first-order valence-corrected chi connectivity index (χ1v) is 10.4. The summed E-state index contributed by atoms with van der Waals surface area (Å²) in [6.07, 6.45) is 5.07. The van der Waals surface area contributed by atoms with Crippen LogP contribution in [0.25, 0.3) is 0 Å². The van der Waals surface area contributed by atoms with Gasteiger partial charge >= 0.3 is 5.97 Å². The third-order valence-electron chi connectivity index (χ3n) is 6.04. The number of carbonyl (C=O) groups is 1. The molecule has 5 nitrogen and oxygen atoms in total. The molecule has 0 aromatic heterocycles. The van der Waals surface area contributed by atoms with Crippen molar-refractivity contribution in [3.8, 4) is 17.6 Å². The van der Waals surface area contributed by atoms with Gasteiger partial charge in [-0.15, -0.1) is 11.8 Å². The number of benzene rings is 1. The minimum absolute atomic E-state index is 0.0287. The summed E-state index contributed by atoms with van der Waals surface area (Å²) in [5.74, 6) is 5.87. The Balaban J connectivity index is 1.75. The first kappa shape index (κ1) is 21.4. The van der Waals surface area contributed by atoms with E-state index in [1.807, 2.05) is 31.2 Å². The minimum atomic E-state index is -0.790. The molecule has 0 saturated heterocycles. The summed E-state index contributed by atoms with van der Waals surface area (Å²) < 4.78 is 6.21. The molecule has 156 valence electrons. The van der Waals surface area contributed by atoms with E-state index >= 15 is 0 Å². The van der Waals surface area contributed by atoms with Gasteiger partial charge in [0.05, 0.1) is 12.2 Å². The summed E-state index contributed by atoms with van der Waals surface area (Å²) in [5.41, 5.74) is 2.11. The van der Waals surface area contributed by atoms with Gasteiger partial charge in [0.15, 0.2) is 0 Å².